The van der Waals surface area contributed by atoms with Crippen LogP contribution < -0.4 is 5.06 Å². The van der Waals surface area contributed by atoms with Gasteiger partial charge < -0.3 is 15.0 Å². The summed E-state index contributed by atoms with van der Waals surface area (Å²) in [6.07, 6.45) is 4.63. The van der Waals surface area contributed by atoms with Crippen LogP contribution in [0.2, 0.25) is 0 Å². The number of ketones is 1. The molecule has 130 valence electrons. The Morgan fingerprint density at radius 2 is 1.88 bits per heavy atom. The number of piperidine rings is 4. The minimum Gasteiger partial charge on any atom is -0.624 e. The van der Waals surface area contributed by atoms with E-state index < -0.39 is 5.97 Å². The molecule has 1 aromatic carbocycles. The normalized spacial score (nSPS) is 38.3. The molecule has 4 fully saturated rings. The Labute approximate surface area is 145 Å². The van der Waals surface area contributed by atoms with Crippen molar-refractivity contribution in [2.75, 3.05) is 6.54 Å². The molecule has 0 spiro atoms. The number of benzene rings is 1. The number of Topliss-reactive ketones (excluding diaryl/α,β-unsaturated/α-hetero) is 1. The highest BCUT2D eigenvalue weighted by Gasteiger charge is 2.49. The highest BCUT2D eigenvalue weighted by Crippen LogP contribution is 2.42. The van der Waals surface area contributed by atoms with Crippen LogP contribution in [0.25, 0.3) is 5.57 Å². The average molecular weight is 340 g/mol. The van der Waals surface area contributed by atoms with Crippen molar-refractivity contribution in [3.63, 3.8) is 0 Å². The molecule has 0 saturated carbocycles. The third kappa shape index (κ3) is 2.36. The number of ether oxygens (including phenoxy) is 1. The number of hydroxylamine groups is 1. The van der Waals surface area contributed by atoms with E-state index in [0.29, 0.717) is 41.2 Å². The second kappa shape index (κ2) is 5.49. The number of hydrogen-bond donors (Lipinski definition) is 1. The smallest absolute Gasteiger partial charge is 0.344 e. The van der Waals surface area contributed by atoms with Gasteiger partial charge in [0.25, 0.3) is 0 Å². The van der Waals surface area contributed by atoms with Crippen LogP contribution in [0, 0.1) is 11.1 Å². The molecule has 0 amide bonds. The summed E-state index contributed by atoms with van der Waals surface area (Å²) in [4.78, 5) is 26.9. The van der Waals surface area contributed by atoms with Gasteiger partial charge in [-0.25, -0.2) is 4.79 Å². The second-order valence-corrected chi connectivity index (χ2v) is 7.58. The van der Waals surface area contributed by atoms with Crippen molar-refractivity contribution in [3.8, 4) is 0 Å². The van der Waals surface area contributed by atoms with E-state index in [1.54, 1.807) is 18.2 Å². The summed E-state index contributed by atoms with van der Waals surface area (Å²) in [6, 6.07) is 7.84. The van der Waals surface area contributed by atoms with E-state index in [2.05, 4.69) is 4.90 Å². The van der Waals surface area contributed by atoms with E-state index in [1.165, 1.54) is 6.20 Å². The van der Waals surface area contributed by atoms with E-state index in [9.17, 15) is 14.8 Å². The van der Waals surface area contributed by atoms with E-state index >= 15 is 0 Å². The van der Waals surface area contributed by atoms with Crippen LogP contribution in [0.4, 0.5) is 5.69 Å². The first-order valence-corrected chi connectivity index (χ1v) is 8.95. The predicted molar refractivity (Wildman–Crippen MR) is 89.5 cm³/mol. The van der Waals surface area contributed by atoms with Crippen LogP contribution in [0.5, 0.6) is 0 Å². The lowest BCUT2D eigenvalue weighted by molar-refractivity contribution is -0.710. The van der Waals surface area contributed by atoms with Crippen molar-refractivity contribution in [2.24, 2.45) is 5.92 Å². The quantitative estimate of drug-likeness (QED) is 0.637. The molecule has 0 aliphatic carbocycles. The van der Waals surface area contributed by atoms with Crippen molar-refractivity contribution in [1.82, 2.24) is 4.90 Å². The topological polar surface area (TPSA) is 74.1 Å². The van der Waals surface area contributed by atoms with Gasteiger partial charge in [-0.3, -0.25) is 9.69 Å². The zero-order chi connectivity index (χ0) is 17.1. The second-order valence-electron chi connectivity index (χ2n) is 7.58. The highest BCUT2D eigenvalue weighted by atomic mass is 16.5. The number of carbonyl (C=O) groups excluding carboxylic acids is 2. The summed E-state index contributed by atoms with van der Waals surface area (Å²) < 4.78 is 5.78. The number of hydrogen-bond acceptors (Lipinski definition) is 5. The van der Waals surface area contributed by atoms with E-state index in [1.807, 2.05) is 6.07 Å². The molecule has 4 bridgehead atoms. The molecular weight excluding hydrogens is 320 g/mol. The Hall–Kier alpha value is -2.02. The fourth-order valence-electron chi connectivity index (χ4n) is 5.02. The fourth-order valence-corrected chi connectivity index (χ4v) is 5.02. The number of nitrogens with one attached hydrogen (secondary N) is 1. The molecule has 1 N–H and O–H groups in total. The maximum atomic E-state index is 12.6. The molecule has 0 radical (unpaired) electrons. The minimum atomic E-state index is -0.403. The molecule has 25 heavy (non-hydrogen) atoms. The van der Waals surface area contributed by atoms with Crippen molar-refractivity contribution in [1.29, 1.82) is 0 Å². The van der Waals surface area contributed by atoms with Crippen LogP contribution in [0.3, 0.4) is 0 Å². The Bertz CT molecular complexity index is 773. The number of para-hydroxylation sites is 1. The summed E-state index contributed by atoms with van der Waals surface area (Å²) in [7, 11) is 0. The zero-order valence-corrected chi connectivity index (χ0v) is 13.8. The van der Waals surface area contributed by atoms with Crippen LogP contribution in [-0.4, -0.2) is 41.4 Å². The third-order valence-electron chi connectivity index (χ3n) is 6.17. The van der Waals surface area contributed by atoms with Gasteiger partial charge in [0.2, 0.25) is 0 Å². The van der Waals surface area contributed by atoms with Gasteiger partial charge in [-0.2, -0.15) is 0 Å². The molecule has 4 saturated heterocycles. The van der Waals surface area contributed by atoms with Crippen LogP contribution in [0.1, 0.15) is 31.2 Å². The number of esters is 1. The first kappa shape index (κ1) is 15.3. The first-order chi connectivity index (χ1) is 12.1. The van der Waals surface area contributed by atoms with Gasteiger partial charge in [-0.05, 0) is 18.9 Å². The molecule has 5 aliphatic heterocycles. The standard InChI is InChI=1S/C19H20N2O4/c22-18-10-20-12-5-11(18)6-13(20)8-14(7-12)25-19(23)16-9-21(24)17-4-2-1-3-15(16)17/h1-4,9,11-14,21H,5-8,10H2/t11?,12-,13?,14?/m1/s1. The molecule has 0 aromatic heterocycles. The highest BCUT2D eigenvalue weighted by molar-refractivity contribution is 6.18. The van der Waals surface area contributed by atoms with Gasteiger partial charge in [-0.1, -0.05) is 12.1 Å². The van der Waals surface area contributed by atoms with Crippen LogP contribution in [-0.2, 0) is 14.3 Å². The summed E-state index contributed by atoms with van der Waals surface area (Å²) in [5.74, 6) is 0.173. The lowest BCUT2D eigenvalue weighted by Gasteiger charge is -2.54. The van der Waals surface area contributed by atoms with Gasteiger partial charge in [0.05, 0.1) is 12.1 Å². The van der Waals surface area contributed by atoms with Gasteiger partial charge in [0.15, 0.2) is 0 Å². The zero-order valence-electron chi connectivity index (χ0n) is 13.8. The van der Waals surface area contributed by atoms with Crippen molar-refractivity contribution in [3.05, 3.63) is 41.2 Å². The van der Waals surface area contributed by atoms with E-state index in [4.69, 9.17) is 4.74 Å². The first-order valence-electron chi connectivity index (χ1n) is 8.95. The van der Waals surface area contributed by atoms with Gasteiger partial charge in [-0.15, -0.1) is 0 Å². The molecular formula is C19H20N2O4. The summed E-state index contributed by atoms with van der Waals surface area (Å²) in [6.45, 7) is 0.563. The molecule has 1 aromatic rings. The lowest BCUT2D eigenvalue weighted by atomic mass is 9.72. The molecule has 5 heterocycles. The lowest BCUT2D eigenvalue weighted by Crippen LogP contribution is -2.95. The maximum Gasteiger partial charge on any atom is 0.344 e. The Balaban J connectivity index is 1.30. The minimum absolute atomic E-state index is 0.128. The van der Waals surface area contributed by atoms with Gasteiger partial charge >= 0.3 is 5.97 Å². The average Bonchev–Trinajstić information content (AvgIpc) is 2.92. The molecule has 6 heteroatoms. The maximum absolute atomic E-state index is 12.6. The van der Waals surface area contributed by atoms with Gasteiger partial charge in [0.1, 0.15) is 29.3 Å². The largest absolute Gasteiger partial charge is 0.624 e. The van der Waals surface area contributed by atoms with Gasteiger partial charge in [0, 0.05) is 36.9 Å². The molecule has 6 atom stereocenters. The van der Waals surface area contributed by atoms with E-state index in [0.717, 1.165) is 25.7 Å². The van der Waals surface area contributed by atoms with Crippen LogP contribution >= 0.6 is 0 Å². The molecule has 5 aliphatic rings. The Morgan fingerprint density at radius 1 is 1.16 bits per heavy atom. The molecule has 6 rings (SSSR count). The summed E-state index contributed by atoms with van der Waals surface area (Å²) in [5.41, 5.74) is 1.60. The Kier molecular flexibility index (Phi) is 3.35. The SMILES string of the molecule is O=C(OC1CC2CC3C[C@H](C1)N2CC3=O)C1=C[NH+]([O-])c2ccccc21. The summed E-state index contributed by atoms with van der Waals surface area (Å²) in [5, 5.41) is 11.9. The predicted octanol–water partition coefficient (Wildman–Crippen LogP) is 0.793. The number of rotatable bonds is 2. The van der Waals surface area contributed by atoms with E-state index in [-0.39, 0.29) is 17.1 Å². The number of carbonyl (C=O) groups is 2. The molecule has 6 nitrogen and oxygen atoms in total. The third-order valence-corrected chi connectivity index (χ3v) is 6.17. The van der Waals surface area contributed by atoms with Crippen molar-refractivity contribution >= 4 is 23.0 Å². The fraction of sp³-hybridized carbons (Fsp3) is 0.474. The van der Waals surface area contributed by atoms with Crippen molar-refractivity contribution < 1.29 is 19.4 Å². The summed E-state index contributed by atoms with van der Waals surface area (Å²) >= 11 is 0. The number of nitrogens with zero attached hydrogens (tertiary/aromatic N) is 1. The van der Waals surface area contributed by atoms with Crippen molar-refractivity contribution in [2.45, 2.75) is 43.9 Å². The molecule has 5 unspecified atom stereocenters. The van der Waals surface area contributed by atoms with Crippen LogP contribution in [0.15, 0.2) is 30.5 Å². The number of fused-ring (bicyclic) bond motifs is 2. The monoisotopic (exact) mass is 340 g/mol. The number of quaternary nitrogens is 1. The Morgan fingerprint density at radius 3 is 2.60 bits per heavy atom.